The molecule has 35 heavy (non-hydrogen) atoms. The van der Waals surface area contributed by atoms with Crippen LogP contribution in [0.25, 0.3) is 5.69 Å². The van der Waals surface area contributed by atoms with Crippen molar-refractivity contribution in [1.82, 2.24) is 20.1 Å². The van der Waals surface area contributed by atoms with Crippen LogP contribution in [0, 0.1) is 6.92 Å². The van der Waals surface area contributed by atoms with E-state index in [0.29, 0.717) is 30.5 Å². The van der Waals surface area contributed by atoms with Crippen molar-refractivity contribution >= 4 is 29.6 Å². The molecule has 1 unspecified atom stereocenters. The maximum atomic E-state index is 12.9. The third-order valence-corrected chi connectivity index (χ3v) is 6.71. The maximum absolute atomic E-state index is 12.9. The number of aryl methyl sites for hydroxylation is 1. The zero-order valence-electron chi connectivity index (χ0n) is 20.1. The van der Waals surface area contributed by atoms with Crippen molar-refractivity contribution in [1.29, 1.82) is 0 Å². The molecule has 1 fully saturated rings. The zero-order valence-corrected chi connectivity index (χ0v) is 20.9. The van der Waals surface area contributed by atoms with Gasteiger partial charge in [-0.1, -0.05) is 36.0 Å². The van der Waals surface area contributed by atoms with Crippen molar-refractivity contribution < 1.29 is 19.1 Å². The highest BCUT2D eigenvalue weighted by atomic mass is 32.2. The lowest BCUT2D eigenvalue weighted by atomic mass is 10.1. The van der Waals surface area contributed by atoms with Gasteiger partial charge in [-0.25, -0.2) is 4.79 Å². The van der Waals surface area contributed by atoms with E-state index in [1.807, 2.05) is 36.6 Å². The molecule has 1 aromatic heterocycles. The molecule has 1 saturated heterocycles. The van der Waals surface area contributed by atoms with E-state index in [-0.39, 0.29) is 11.9 Å². The fourth-order valence-corrected chi connectivity index (χ4v) is 4.61. The van der Waals surface area contributed by atoms with Crippen LogP contribution in [0.4, 0.5) is 5.95 Å². The first-order valence-corrected chi connectivity index (χ1v) is 12.3. The number of hydrogen-bond donors (Lipinski definition) is 1. The first kappa shape index (κ1) is 24.7. The van der Waals surface area contributed by atoms with Crippen molar-refractivity contribution in [2.24, 2.45) is 0 Å². The number of anilines is 1. The number of methoxy groups -OCH3 is 1. The number of benzene rings is 2. The molecular formula is C25H29N5O4S. The van der Waals surface area contributed by atoms with Crippen LogP contribution in [0.2, 0.25) is 0 Å². The second-order valence-corrected chi connectivity index (χ2v) is 9.53. The SMILES string of the molecule is COC(=O)c1ccc(CNC(=O)C(C)Sc2nnc(N3CCOCC3)n2-c2cccc(C)c2)cc1. The van der Waals surface area contributed by atoms with E-state index in [9.17, 15) is 9.59 Å². The zero-order chi connectivity index (χ0) is 24.8. The lowest BCUT2D eigenvalue weighted by molar-refractivity contribution is -0.120. The van der Waals surface area contributed by atoms with Crippen LogP contribution in [0.5, 0.6) is 0 Å². The Morgan fingerprint density at radius 1 is 1.14 bits per heavy atom. The Kier molecular flexibility index (Phi) is 8.04. The van der Waals surface area contributed by atoms with Gasteiger partial charge in [0.25, 0.3) is 0 Å². The molecule has 1 amide bonds. The molecule has 4 rings (SSSR count). The van der Waals surface area contributed by atoms with Crippen LogP contribution in [0.1, 0.15) is 28.4 Å². The van der Waals surface area contributed by atoms with Crippen molar-refractivity contribution in [3.05, 3.63) is 65.2 Å². The number of carbonyl (C=O) groups excluding carboxylic acids is 2. The molecule has 10 heteroatoms. The number of carbonyl (C=O) groups is 2. The number of esters is 1. The van der Waals surface area contributed by atoms with Gasteiger partial charge in [0.05, 0.1) is 36.8 Å². The largest absolute Gasteiger partial charge is 0.465 e. The van der Waals surface area contributed by atoms with E-state index in [1.54, 1.807) is 24.3 Å². The Morgan fingerprint density at radius 2 is 1.89 bits per heavy atom. The van der Waals surface area contributed by atoms with Gasteiger partial charge in [-0.05, 0) is 49.2 Å². The molecule has 1 aliphatic rings. The highest BCUT2D eigenvalue weighted by Gasteiger charge is 2.25. The van der Waals surface area contributed by atoms with Crippen LogP contribution in [-0.4, -0.2) is 65.3 Å². The first-order chi connectivity index (χ1) is 17.0. The van der Waals surface area contributed by atoms with Gasteiger partial charge in [0, 0.05) is 19.6 Å². The van der Waals surface area contributed by atoms with Gasteiger partial charge >= 0.3 is 5.97 Å². The van der Waals surface area contributed by atoms with Crippen LogP contribution in [0.3, 0.4) is 0 Å². The number of nitrogens with zero attached hydrogens (tertiary/aromatic N) is 4. The smallest absolute Gasteiger partial charge is 0.337 e. The Balaban J connectivity index is 1.47. The molecule has 9 nitrogen and oxygen atoms in total. The molecule has 2 heterocycles. The highest BCUT2D eigenvalue weighted by molar-refractivity contribution is 8.00. The van der Waals surface area contributed by atoms with Gasteiger partial charge in [0.1, 0.15) is 0 Å². The average molecular weight is 496 g/mol. The number of hydrogen-bond acceptors (Lipinski definition) is 8. The van der Waals surface area contributed by atoms with Gasteiger partial charge in [0.15, 0.2) is 5.16 Å². The fourth-order valence-electron chi connectivity index (χ4n) is 3.72. The minimum Gasteiger partial charge on any atom is -0.465 e. The number of amides is 1. The lowest BCUT2D eigenvalue weighted by Gasteiger charge is -2.28. The highest BCUT2D eigenvalue weighted by Crippen LogP contribution is 2.30. The van der Waals surface area contributed by atoms with E-state index in [2.05, 4.69) is 26.5 Å². The molecule has 0 bridgehead atoms. The van der Waals surface area contributed by atoms with Crippen molar-refractivity contribution in [2.45, 2.75) is 30.8 Å². The third-order valence-electron chi connectivity index (χ3n) is 5.66. The number of morpholine rings is 1. The summed E-state index contributed by atoms with van der Waals surface area (Å²) in [5, 5.41) is 12.1. The molecule has 0 saturated carbocycles. The summed E-state index contributed by atoms with van der Waals surface area (Å²) in [6.45, 7) is 7.01. The third kappa shape index (κ3) is 6.01. The second kappa shape index (κ2) is 11.4. The number of aromatic nitrogens is 3. The average Bonchev–Trinajstić information content (AvgIpc) is 3.31. The summed E-state index contributed by atoms with van der Waals surface area (Å²) < 4.78 is 12.2. The molecule has 0 spiro atoms. The lowest BCUT2D eigenvalue weighted by Crippen LogP contribution is -2.38. The monoisotopic (exact) mass is 495 g/mol. The van der Waals surface area contributed by atoms with Gasteiger partial charge < -0.3 is 19.7 Å². The van der Waals surface area contributed by atoms with E-state index in [4.69, 9.17) is 9.47 Å². The van der Waals surface area contributed by atoms with Crippen LogP contribution >= 0.6 is 11.8 Å². The number of nitrogens with one attached hydrogen (secondary N) is 1. The quantitative estimate of drug-likeness (QED) is 0.376. The molecule has 0 radical (unpaired) electrons. The minimum atomic E-state index is -0.394. The summed E-state index contributed by atoms with van der Waals surface area (Å²) in [5.74, 6) is 0.248. The molecule has 1 aliphatic heterocycles. The van der Waals surface area contributed by atoms with Crippen molar-refractivity contribution in [2.75, 3.05) is 38.3 Å². The summed E-state index contributed by atoms with van der Waals surface area (Å²) in [5.41, 5.74) is 3.44. The number of thioether (sulfide) groups is 1. The van der Waals surface area contributed by atoms with Crippen LogP contribution < -0.4 is 10.2 Å². The topological polar surface area (TPSA) is 98.6 Å². The summed E-state index contributed by atoms with van der Waals surface area (Å²) in [7, 11) is 1.35. The predicted molar refractivity (Wildman–Crippen MR) is 134 cm³/mol. The molecule has 1 atom stereocenters. The summed E-state index contributed by atoms with van der Waals surface area (Å²) in [6.07, 6.45) is 0. The molecular weight excluding hydrogens is 466 g/mol. The Morgan fingerprint density at radius 3 is 2.57 bits per heavy atom. The Hall–Kier alpha value is -3.37. The normalized spacial score (nSPS) is 14.4. The molecule has 0 aliphatic carbocycles. The summed E-state index contributed by atoms with van der Waals surface area (Å²) in [6, 6.07) is 15.1. The molecule has 2 aromatic carbocycles. The van der Waals surface area contributed by atoms with Gasteiger partial charge in [0.2, 0.25) is 11.9 Å². The van der Waals surface area contributed by atoms with Crippen LogP contribution in [-0.2, 0) is 20.8 Å². The minimum absolute atomic E-state index is 0.112. The summed E-state index contributed by atoms with van der Waals surface area (Å²) >= 11 is 1.37. The van der Waals surface area contributed by atoms with E-state index < -0.39 is 5.25 Å². The molecule has 1 N–H and O–H groups in total. The van der Waals surface area contributed by atoms with Crippen molar-refractivity contribution in [3.63, 3.8) is 0 Å². The van der Waals surface area contributed by atoms with Gasteiger partial charge in [-0.15, -0.1) is 10.2 Å². The van der Waals surface area contributed by atoms with Crippen LogP contribution in [0.15, 0.2) is 53.7 Å². The molecule has 184 valence electrons. The van der Waals surface area contributed by atoms with E-state index in [1.165, 1.54) is 18.9 Å². The predicted octanol–water partition coefficient (Wildman–Crippen LogP) is 3.00. The fraction of sp³-hybridized carbons (Fsp3) is 0.360. The van der Waals surface area contributed by atoms with E-state index >= 15 is 0 Å². The Bertz CT molecular complexity index is 1170. The summed E-state index contributed by atoms with van der Waals surface area (Å²) in [4.78, 5) is 26.6. The number of ether oxygens (including phenoxy) is 2. The Labute approximate surface area is 208 Å². The van der Waals surface area contributed by atoms with E-state index in [0.717, 1.165) is 35.9 Å². The van der Waals surface area contributed by atoms with Gasteiger partial charge in [-0.3, -0.25) is 9.36 Å². The number of rotatable bonds is 8. The van der Waals surface area contributed by atoms with Gasteiger partial charge in [-0.2, -0.15) is 0 Å². The standard InChI is InChI=1S/C25H29N5O4S/c1-17-5-4-6-21(15-17)30-24(29-11-13-34-14-12-29)27-28-25(30)35-18(2)22(31)26-16-19-7-9-20(10-8-19)23(32)33-3/h4-10,15,18H,11-14,16H2,1-3H3,(H,26,31). The second-order valence-electron chi connectivity index (χ2n) is 8.22. The first-order valence-electron chi connectivity index (χ1n) is 11.4. The molecule has 3 aromatic rings. The van der Waals surface area contributed by atoms with Crippen molar-refractivity contribution in [3.8, 4) is 5.69 Å². The maximum Gasteiger partial charge on any atom is 0.337 e.